The van der Waals surface area contributed by atoms with E-state index in [-0.39, 0.29) is 36.2 Å². The van der Waals surface area contributed by atoms with Crippen molar-refractivity contribution < 1.29 is 23.9 Å². The summed E-state index contributed by atoms with van der Waals surface area (Å²) in [5.74, 6) is 0.0908. The summed E-state index contributed by atoms with van der Waals surface area (Å²) in [6.45, 7) is 18.1. The van der Waals surface area contributed by atoms with Crippen molar-refractivity contribution >= 4 is 52.1 Å². The molecule has 0 radical (unpaired) electrons. The fraction of sp³-hybridized carbons (Fsp3) is 0.373. The predicted molar refractivity (Wildman–Crippen MR) is 259 cm³/mol. The first-order valence-corrected chi connectivity index (χ1v) is 24.0. The number of thiazole rings is 1. The van der Waals surface area contributed by atoms with Gasteiger partial charge in [0, 0.05) is 28.1 Å². The number of aryl methyl sites for hydroxylation is 4. The molecule has 3 aromatic carbocycles. The normalized spacial score (nSPS) is 16.7. The molecule has 1 saturated heterocycles. The van der Waals surface area contributed by atoms with Crippen LogP contribution in [0.2, 0.25) is 0 Å². The topological polar surface area (TPSA) is 161 Å². The van der Waals surface area contributed by atoms with Crippen molar-refractivity contribution in [3.63, 3.8) is 0 Å². The molecule has 8 rings (SSSR count). The maximum atomic E-state index is 14.4. The van der Waals surface area contributed by atoms with Crippen molar-refractivity contribution in [1.29, 1.82) is 0 Å². The minimum Gasteiger partial charge on any atom is -0.469 e. The minimum absolute atomic E-state index is 0.0217. The number of nitrogens with zero attached hydrogens (tertiary/aromatic N) is 6. The summed E-state index contributed by atoms with van der Waals surface area (Å²) in [6, 6.07) is 19.6. The zero-order valence-corrected chi connectivity index (χ0v) is 40.7. The highest BCUT2D eigenvalue weighted by Gasteiger charge is 2.42. The smallest absolute Gasteiger partial charge is 0.308 e. The van der Waals surface area contributed by atoms with Crippen LogP contribution in [-0.4, -0.2) is 79.8 Å². The van der Waals surface area contributed by atoms with Gasteiger partial charge in [-0.05, 0) is 99.2 Å². The van der Waals surface area contributed by atoms with Crippen LogP contribution >= 0.6 is 22.7 Å². The molecule has 0 saturated carbocycles. The number of fused-ring (bicyclic) bond motifs is 3. The first kappa shape index (κ1) is 46.2. The molecule has 4 unspecified atom stereocenters. The summed E-state index contributed by atoms with van der Waals surface area (Å²) >= 11 is 3.25. The van der Waals surface area contributed by atoms with Crippen LogP contribution < -0.4 is 10.6 Å². The minimum atomic E-state index is -0.875. The van der Waals surface area contributed by atoms with Gasteiger partial charge in [-0.2, -0.15) is 0 Å². The van der Waals surface area contributed by atoms with Gasteiger partial charge in [0.25, 0.3) is 5.91 Å². The third-order valence-electron chi connectivity index (χ3n) is 12.8. The van der Waals surface area contributed by atoms with Crippen LogP contribution in [0, 0.1) is 40.0 Å². The molecule has 2 N–H and O–H groups in total. The molecule has 3 amide bonds. The summed E-state index contributed by atoms with van der Waals surface area (Å²) in [5, 5.41) is 16.0. The number of likely N-dealkylation sites (tertiary alicyclic amines) is 1. The lowest BCUT2D eigenvalue weighted by Gasteiger charge is -2.35. The number of rotatable bonds is 11. The van der Waals surface area contributed by atoms with Gasteiger partial charge in [0.2, 0.25) is 11.8 Å². The Hall–Kier alpha value is -6.32. The lowest BCUT2D eigenvalue weighted by atomic mass is 9.85. The van der Waals surface area contributed by atoms with Crippen LogP contribution in [0.4, 0.5) is 0 Å². The van der Waals surface area contributed by atoms with E-state index in [2.05, 4.69) is 39.7 Å². The molecule has 2 aliphatic heterocycles. The largest absolute Gasteiger partial charge is 0.469 e. The maximum absolute atomic E-state index is 14.4. The molecule has 15 heteroatoms. The molecule has 13 nitrogen and oxygen atoms in total. The highest BCUT2D eigenvalue weighted by Crippen LogP contribution is 2.40. The van der Waals surface area contributed by atoms with E-state index in [0.717, 1.165) is 70.7 Å². The van der Waals surface area contributed by atoms with E-state index < -0.39 is 23.5 Å². The Balaban J connectivity index is 0.973. The van der Waals surface area contributed by atoms with Crippen LogP contribution in [0.3, 0.4) is 0 Å². The third kappa shape index (κ3) is 8.98. The second kappa shape index (κ2) is 18.5. The van der Waals surface area contributed by atoms with Gasteiger partial charge in [0.1, 0.15) is 29.0 Å². The molecule has 0 spiro atoms. The Morgan fingerprint density at radius 3 is 2.21 bits per heavy atom. The maximum Gasteiger partial charge on any atom is 0.308 e. The second-order valence-corrected chi connectivity index (χ2v) is 20.4. The van der Waals surface area contributed by atoms with Crippen LogP contribution in [0.5, 0.6) is 0 Å². The van der Waals surface area contributed by atoms with E-state index in [1.54, 1.807) is 33.6 Å². The summed E-state index contributed by atoms with van der Waals surface area (Å²) in [7, 11) is 1.37. The molecule has 4 atom stereocenters. The van der Waals surface area contributed by atoms with E-state index in [4.69, 9.17) is 9.73 Å². The summed E-state index contributed by atoms with van der Waals surface area (Å²) in [6.07, 6.45) is 1.26. The van der Waals surface area contributed by atoms with Gasteiger partial charge >= 0.3 is 5.97 Å². The number of thiophene rings is 1. The third-order valence-corrected chi connectivity index (χ3v) is 15.0. The number of methoxy groups -OCH3 is 1. The number of hydrogen-bond donors (Lipinski definition) is 2. The van der Waals surface area contributed by atoms with Gasteiger partial charge < -0.3 is 20.3 Å². The average molecular weight is 925 g/mol. The Morgan fingerprint density at radius 2 is 1.56 bits per heavy atom. The Labute approximate surface area is 393 Å². The number of amides is 3. The first-order chi connectivity index (χ1) is 31.4. The van der Waals surface area contributed by atoms with Crippen molar-refractivity contribution in [2.75, 3.05) is 13.7 Å². The molecular weight excluding hydrogens is 869 g/mol. The van der Waals surface area contributed by atoms with Crippen molar-refractivity contribution in [3.05, 3.63) is 128 Å². The zero-order chi connectivity index (χ0) is 47.2. The zero-order valence-electron chi connectivity index (χ0n) is 39.1. The Kier molecular flexibility index (Phi) is 13.0. The van der Waals surface area contributed by atoms with E-state index >= 15 is 0 Å². The number of carbonyl (C=O) groups excluding carboxylic acids is 4. The van der Waals surface area contributed by atoms with Crippen LogP contribution in [0.15, 0.2) is 77.2 Å². The number of ether oxygens (including phenoxy) is 1. The van der Waals surface area contributed by atoms with Crippen molar-refractivity contribution in [1.82, 2.24) is 35.3 Å². The van der Waals surface area contributed by atoms with Gasteiger partial charge in [0.15, 0.2) is 5.82 Å². The molecule has 3 aromatic heterocycles. The fourth-order valence-corrected chi connectivity index (χ4v) is 10.9. The molecule has 342 valence electrons. The lowest BCUT2D eigenvalue weighted by molar-refractivity contribution is -0.142. The van der Waals surface area contributed by atoms with E-state index in [0.29, 0.717) is 36.6 Å². The van der Waals surface area contributed by atoms with Crippen LogP contribution in [-0.2, 0) is 19.1 Å². The quantitative estimate of drug-likeness (QED) is 0.122. The SMILES string of the molecule is COC(=O)CC1N=C(c2ccc(-c3ccc(C(=O)NC(C(=O)N4CCCC4C(=O)NC(C)c4ccc(-c5scnc5C)cc4)C(C)(C)C)c(C)c3)cc2)c2c(sc(C)c2C)-n2c(C)nnc21. The van der Waals surface area contributed by atoms with Gasteiger partial charge in [-0.1, -0.05) is 81.4 Å². The van der Waals surface area contributed by atoms with Gasteiger partial charge in [0.05, 0.1) is 41.4 Å². The lowest BCUT2D eigenvalue weighted by Crippen LogP contribution is -2.57. The number of benzene rings is 3. The second-order valence-electron chi connectivity index (χ2n) is 18.4. The number of carbonyl (C=O) groups is 4. The molecule has 2 aliphatic rings. The standard InChI is InChI=1S/C51H56N8O5S2/c1-27-24-37(34-15-17-35(18-16-34)43-42-28(2)31(5)66-50(42)59-32(6)56-57-46(59)39(54-43)25-41(60)64-10)21-22-38(27)47(61)55-45(51(7,8)9)49(63)58-23-11-12-40(58)48(62)53-29(3)33-13-19-36(20-14-33)44-30(4)52-26-65-44/h13-22,24,26,29,39-40,45H,11-12,23,25H2,1-10H3,(H,53,62)(H,55,61). The molecule has 5 heterocycles. The summed E-state index contributed by atoms with van der Waals surface area (Å²) in [4.78, 5) is 68.4. The Morgan fingerprint density at radius 1 is 0.879 bits per heavy atom. The molecular formula is C51H56N8O5S2. The number of aliphatic imine (C=N–C) groups is 1. The van der Waals surface area contributed by atoms with Crippen LogP contribution in [0.25, 0.3) is 26.6 Å². The van der Waals surface area contributed by atoms with Gasteiger partial charge in [-0.3, -0.25) is 28.7 Å². The van der Waals surface area contributed by atoms with Crippen molar-refractivity contribution in [3.8, 4) is 26.6 Å². The molecule has 0 bridgehead atoms. The van der Waals surface area contributed by atoms with Crippen LogP contribution in [0.1, 0.15) is 119 Å². The molecule has 6 aromatic rings. The first-order valence-electron chi connectivity index (χ1n) is 22.3. The summed E-state index contributed by atoms with van der Waals surface area (Å²) < 4.78 is 7.06. The van der Waals surface area contributed by atoms with Crippen molar-refractivity contribution in [2.24, 2.45) is 10.4 Å². The fourth-order valence-electron chi connectivity index (χ4n) is 8.91. The number of hydrogen-bond acceptors (Lipinski definition) is 11. The van der Waals surface area contributed by atoms with Gasteiger partial charge in [-0.15, -0.1) is 32.9 Å². The number of esters is 1. The van der Waals surface area contributed by atoms with E-state index in [1.165, 1.54) is 7.11 Å². The molecule has 66 heavy (non-hydrogen) atoms. The number of aromatic nitrogens is 4. The summed E-state index contributed by atoms with van der Waals surface area (Å²) in [5.41, 5.74) is 11.0. The van der Waals surface area contributed by atoms with E-state index in [1.807, 2.05) is 119 Å². The highest BCUT2D eigenvalue weighted by molar-refractivity contribution is 7.15. The highest BCUT2D eigenvalue weighted by atomic mass is 32.1. The predicted octanol–water partition coefficient (Wildman–Crippen LogP) is 9.13. The number of nitrogens with one attached hydrogen (secondary N) is 2. The van der Waals surface area contributed by atoms with E-state index in [9.17, 15) is 19.2 Å². The molecule has 1 fully saturated rings. The molecule has 0 aliphatic carbocycles. The monoisotopic (exact) mass is 924 g/mol. The van der Waals surface area contributed by atoms with Gasteiger partial charge in [-0.25, -0.2) is 4.98 Å². The van der Waals surface area contributed by atoms with Crippen molar-refractivity contribution in [2.45, 2.75) is 106 Å². The average Bonchev–Trinajstić information content (AvgIpc) is 4.09. The Bertz CT molecular complexity index is 2870.